The highest BCUT2D eigenvalue weighted by Crippen LogP contribution is 2.35. The van der Waals surface area contributed by atoms with Gasteiger partial charge in [-0.05, 0) is 36.2 Å². The predicted octanol–water partition coefficient (Wildman–Crippen LogP) is 3.22. The lowest BCUT2D eigenvalue weighted by atomic mass is 9.87. The normalized spacial score (nSPS) is 19.7. The summed E-state index contributed by atoms with van der Waals surface area (Å²) in [4.78, 5) is 26.4. The van der Waals surface area contributed by atoms with Crippen molar-refractivity contribution in [3.05, 3.63) is 65.0 Å². The molecule has 3 rings (SSSR count). The Morgan fingerprint density at radius 1 is 1.15 bits per heavy atom. The third kappa shape index (κ3) is 3.29. The van der Waals surface area contributed by atoms with Gasteiger partial charge in [0.25, 0.3) is 0 Å². The zero-order chi connectivity index (χ0) is 19.0. The minimum Gasteiger partial charge on any atom is -0.344 e. The van der Waals surface area contributed by atoms with Crippen molar-refractivity contribution in [3.63, 3.8) is 0 Å². The molecule has 7 heteroatoms. The van der Waals surface area contributed by atoms with Gasteiger partial charge in [0.05, 0.1) is 5.69 Å². The molecule has 0 aromatic heterocycles. The molecule has 0 radical (unpaired) electrons. The van der Waals surface area contributed by atoms with Crippen molar-refractivity contribution in [2.24, 2.45) is 5.92 Å². The Labute approximate surface area is 148 Å². The lowest BCUT2D eigenvalue weighted by Crippen LogP contribution is -2.33. The topological polar surface area (TPSA) is 49.4 Å². The molecule has 0 bridgehead atoms. The summed E-state index contributed by atoms with van der Waals surface area (Å²) < 4.78 is 41.3. The summed E-state index contributed by atoms with van der Waals surface area (Å²) in [5.41, 5.74) is 0.521. The molecule has 1 heterocycles. The van der Waals surface area contributed by atoms with Gasteiger partial charge in [-0.2, -0.15) is 0 Å². The van der Waals surface area contributed by atoms with E-state index in [1.807, 2.05) is 0 Å². The maximum Gasteiger partial charge on any atom is 0.237 e. The number of rotatable bonds is 3. The third-order valence-electron chi connectivity index (χ3n) is 4.56. The van der Waals surface area contributed by atoms with E-state index in [4.69, 9.17) is 0 Å². The number of amides is 2. The summed E-state index contributed by atoms with van der Waals surface area (Å²) in [7, 11) is 1.51. The van der Waals surface area contributed by atoms with Crippen LogP contribution >= 0.6 is 0 Å². The molecule has 0 saturated carbocycles. The summed E-state index contributed by atoms with van der Waals surface area (Å²) >= 11 is 0. The van der Waals surface area contributed by atoms with E-state index >= 15 is 0 Å². The van der Waals surface area contributed by atoms with Crippen LogP contribution in [-0.4, -0.2) is 30.3 Å². The standard InChI is InChI=1S/C19H17F3N2O2/c1-10-4-3-5-15(17(10)22)23-18(25)16-14(9-24(2)19(16)26)11-6-12(20)8-13(21)7-11/h3-8,14,16H,9H2,1-2H3,(H,23,25). The number of hydrogen-bond donors (Lipinski definition) is 1. The molecular weight excluding hydrogens is 345 g/mol. The summed E-state index contributed by atoms with van der Waals surface area (Å²) in [5.74, 6) is -5.28. The smallest absolute Gasteiger partial charge is 0.237 e. The number of halogens is 3. The molecule has 2 unspecified atom stereocenters. The highest BCUT2D eigenvalue weighted by atomic mass is 19.1. The first-order chi connectivity index (χ1) is 12.3. The highest BCUT2D eigenvalue weighted by Gasteiger charge is 2.44. The van der Waals surface area contributed by atoms with Gasteiger partial charge >= 0.3 is 0 Å². The zero-order valence-corrected chi connectivity index (χ0v) is 14.2. The Morgan fingerprint density at radius 2 is 1.81 bits per heavy atom. The van der Waals surface area contributed by atoms with Crippen LogP contribution in [0, 0.1) is 30.3 Å². The Hall–Kier alpha value is -2.83. The lowest BCUT2D eigenvalue weighted by Gasteiger charge is -2.17. The molecule has 1 fully saturated rings. The molecule has 0 aliphatic carbocycles. The molecule has 2 aromatic carbocycles. The maximum atomic E-state index is 14.1. The number of benzene rings is 2. The summed E-state index contributed by atoms with van der Waals surface area (Å²) in [5, 5.41) is 2.42. The van der Waals surface area contributed by atoms with Crippen LogP contribution in [0.4, 0.5) is 18.9 Å². The molecule has 136 valence electrons. The van der Waals surface area contributed by atoms with Gasteiger partial charge in [0.15, 0.2) is 0 Å². The number of carbonyl (C=O) groups is 2. The Bertz CT molecular complexity index is 865. The van der Waals surface area contributed by atoms with Crippen molar-refractivity contribution in [3.8, 4) is 0 Å². The van der Waals surface area contributed by atoms with Crippen LogP contribution in [0.5, 0.6) is 0 Å². The van der Waals surface area contributed by atoms with Crippen LogP contribution < -0.4 is 5.32 Å². The molecule has 26 heavy (non-hydrogen) atoms. The maximum absolute atomic E-state index is 14.1. The van der Waals surface area contributed by atoms with Crippen molar-refractivity contribution in [1.29, 1.82) is 0 Å². The second kappa shape index (κ2) is 6.82. The fourth-order valence-corrected chi connectivity index (χ4v) is 3.24. The van der Waals surface area contributed by atoms with E-state index in [1.165, 1.54) is 18.0 Å². The van der Waals surface area contributed by atoms with Gasteiger partial charge in [0.2, 0.25) is 11.8 Å². The van der Waals surface area contributed by atoms with Crippen molar-refractivity contribution < 1.29 is 22.8 Å². The average Bonchev–Trinajstić information content (AvgIpc) is 2.86. The number of nitrogens with one attached hydrogen (secondary N) is 1. The monoisotopic (exact) mass is 362 g/mol. The highest BCUT2D eigenvalue weighted by molar-refractivity contribution is 6.08. The molecule has 1 saturated heterocycles. The number of likely N-dealkylation sites (N-methyl/N-ethyl adjacent to an activating group) is 1. The van der Waals surface area contributed by atoms with Crippen LogP contribution in [0.15, 0.2) is 36.4 Å². The number of carbonyl (C=O) groups excluding carboxylic acids is 2. The molecule has 4 nitrogen and oxygen atoms in total. The van der Waals surface area contributed by atoms with E-state index < -0.39 is 41.1 Å². The van der Waals surface area contributed by atoms with E-state index in [9.17, 15) is 22.8 Å². The minimum atomic E-state index is -1.19. The van der Waals surface area contributed by atoms with Gasteiger partial charge < -0.3 is 10.2 Å². The van der Waals surface area contributed by atoms with Crippen LogP contribution in [0.2, 0.25) is 0 Å². The van der Waals surface area contributed by atoms with Crippen LogP contribution in [0.3, 0.4) is 0 Å². The summed E-state index contributed by atoms with van der Waals surface area (Å²) in [6.07, 6.45) is 0. The number of nitrogens with zero attached hydrogens (tertiary/aromatic N) is 1. The van der Waals surface area contributed by atoms with Crippen LogP contribution in [0.25, 0.3) is 0 Å². The molecule has 1 aliphatic rings. The van der Waals surface area contributed by atoms with Crippen LogP contribution in [0.1, 0.15) is 17.0 Å². The zero-order valence-electron chi connectivity index (χ0n) is 14.2. The number of hydrogen-bond acceptors (Lipinski definition) is 2. The summed E-state index contributed by atoms with van der Waals surface area (Å²) in [6.45, 7) is 1.69. The lowest BCUT2D eigenvalue weighted by molar-refractivity contribution is -0.135. The second-order valence-corrected chi connectivity index (χ2v) is 6.43. The van der Waals surface area contributed by atoms with Gasteiger partial charge in [-0.1, -0.05) is 12.1 Å². The van der Waals surface area contributed by atoms with Gasteiger partial charge in [-0.3, -0.25) is 9.59 Å². The van der Waals surface area contributed by atoms with Crippen molar-refractivity contribution in [2.75, 3.05) is 18.9 Å². The Morgan fingerprint density at radius 3 is 2.46 bits per heavy atom. The molecule has 0 spiro atoms. The van der Waals surface area contributed by atoms with Gasteiger partial charge in [-0.15, -0.1) is 0 Å². The van der Waals surface area contributed by atoms with E-state index in [0.717, 1.165) is 18.2 Å². The molecule has 2 amide bonds. The van der Waals surface area contributed by atoms with E-state index in [-0.39, 0.29) is 17.8 Å². The Balaban J connectivity index is 1.93. The molecule has 2 aromatic rings. The summed E-state index contributed by atoms with van der Waals surface area (Å²) in [6, 6.07) is 7.46. The predicted molar refractivity (Wildman–Crippen MR) is 90.0 cm³/mol. The molecule has 1 aliphatic heterocycles. The second-order valence-electron chi connectivity index (χ2n) is 6.43. The largest absolute Gasteiger partial charge is 0.344 e. The van der Waals surface area contributed by atoms with Crippen LogP contribution in [-0.2, 0) is 9.59 Å². The van der Waals surface area contributed by atoms with E-state index in [2.05, 4.69) is 5.32 Å². The van der Waals surface area contributed by atoms with Crippen molar-refractivity contribution in [2.45, 2.75) is 12.8 Å². The van der Waals surface area contributed by atoms with Gasteiger partial charge in [0.1, 0.15) is 23.4 Å². The molecule has 2 atom stereocenters. The number of likely N-dealkylation sites (tertiary alicyclic amines) is 1. The SMILES string of the molecule is Cc1cccc(NC(=O)C2C(=O)N(C)CC2c2cc(F)cc(F)c2)c1F. The Kier molecular flexibility index (Phi) is 4.71. The van der Waals surface area contributed by atoms with Crippen molar-refractivity contribution >= 4 is 17.5 Å². The first kappa shape index (κ1) is 18.0. The molecular formula is C19H17F3N2O2. The number of anilines is 1. The number of aryl methyl sites for hydroxylation is 1. The van der Waals surface area contributed by atoms with Gasteiger partial charge in [0, 0.05) is 25.6 Å². The van der Waals surface area contributed by atoms with E-state index in [1.54, 1.807) is 19.1 Å². The first-order valence-corrected chi connectivity index (χ1v) is 8.05. The van der Waals surface area contributed by atoms with Gasteiger partial charge in [-0.25, -0.2) is 13.2 Å². The average molecular weight is 362 g/mol. The fraction of sp³-hybridized carbons (Fsp3) is 0.263. The molecule has 1 N–H and O–H groups in total. The quantitative estimate of drug-likeness (QED) is 0.853. The van der Waals surface area contributed by atoms with E-state index in [0.29, 0.717) is 5.56 Å². The minimum absolute atomic E-state index is 0.0403. The third-order valence-corrected chi connectivity index (χ3v) is 4.56. The fourth-order valence-electron chi connectivity index (χ4n) is 3.24. The first-order valence-electron chi connectivity index (χ1n) is 8.05. The van der Waals surface area contributed by atoms with Crippen molar-refractivity contribution in [1.82, 2.24) is 4.90 Å².